The van der Waals surface area contributed by atoms with Gasteiger partial charge < -0.3 is 5.11 Å². The van der Waals surface area contributed by atoms with Crippen LogP contribution in [0, 0.1) is 34.5 Å². The monoisotopic (exact) mass is 529 g/mol. The fraction of sp³-hybridized carbons (Fsp3) is 0.706. The zero-order valence-electron chi connectivity index (χ0n) is 24.1. The number of β-amino-alcohol motifs (C(OH)–C–C–N with tert-alkyl or cyclic N) is 1. The number of piperazine rings is 1. The first-order chi connectivity index (χ1) is 18.8. The molecule has 0 radical (unpaired) electrons. The van der Waals surface area contributed by atoms with Gasteiger partial charge in [-0.25, -0.2) is 0 Å². The van der Waals surface area contributed by atoms with Crippen LogP contribution in [0.5, 0.6) is 0 Å². The number of hydrogen-bond acceptors (Lipinski definition) is 5. The first-order valence-electron chi connectivity index (χ1n) is 15.8. The molecule has 1 saturated heterocycles. The van der Waals surface area contributed by atoms with E-state index in [1.54, 1.807) is 0 Å². The third-order valence-corrected chi connectivity index (χ3v) is 12.6. The van der Waals surface area contributed by atoms with E-state index in [4.69, 9.17) is 0 Å². The van der Waals surface area contributed by atoms with Crippen molar-refractivity contribution in [2.45, 2.75) is 83.8 Å². The molecule has 4 aliphatic carbocycles. The van der Waals surface area contributed by atoms with Crippen LogP contribution in [-0.2, 0) is 11.3 Å². The number of benzene rings is 1. The van der Waals surface area contributed by atoms with Crippen molar-refractivity contribution in [3.63, 3.8) is 0 Å². The molecular formula is C34H47N3O2. The average Bonchev–Trinajstić information content (AvgIpc) is 3.24. The van der Waals surface area contributed by atoms with Crippen molar-refractivity contribution in [2.24, 2.45) is 34.5 Å². The lowest BCUT2D eigenvalue weighted by molar-refractivity contribution is -0.158. The minimum absolute atomic E-state index is 0.0350. The van der Waals surface area contributed by atoms with Crippen LogP contribution in [0.3, 0.4) is 0 Å². The lowest BCUT2D eigenvalue weighted by atomic mass is 9.44. The molecule has 4 saturated carbocycles. The maximum atomic E-state index is 12.8. The number of fused-ring (bicyclic) bond motifs is 6. The van der Waals surface area contributed by atoms with Crippen molar-refractivity contribution >= 4 is 16.7 Å². The summed E-state index contributed by atoms with van der Waals surface area (Å²) in [7, 11) is 0. The van der Waals surface area contributed by atoms with Crippen LogP contribution >= 0.6 is 0 Å². The van der Waals surface area contributed by atoms with Gasteiger partial charge in [-0.3, -0.25) is 19.6 Å². The third kappa shape index (κ3) is 4.48. The van der Waals surface area contributed by atoms with E-state index in [0.29, 0.717) is 23.0 Å². The number of carbonyl (C=O) groups is 1. The molecule has 1 aliphatic heterocycles. The number of ketones is 1. The molecule has 5 heteroatoms. The molecule has 5 fully saturated rings. The molecule has 5 aliphatic rings. The molecule has 210 valence electrons. The Labute approximate surface area is 234 Å². The highest BCUT2D eigenvalue weighted by atomic mass is 16.3. The zero-order chi connectivity index (χ0) is 26.8. The Morgan fingerprint density at radius 1 is 0.949 bits per heavy atom. The fourth-order valence-electron chi connectivity index (χ4n) is 10.2. The quantitative estimate of drug-likeness (QED) is 0.551. The molecule has 1 aromatic heterocycles. The zero-order valence-corrected chi connectivity index (χ0v) is 24.1. The van der Waals surface area contributed by atoms with Gasteiger partial charge >= 0.3 is 0 Å². The van der Waals surface area contributed by atoms with E-state index in [-0.39, 0.29) is 5.41 Å². The van der Waals surface area contributed by atoms with E-state index in [1.807, 2.05) is 12.3 Å². The Hall–Kier alpha value is -1.82. The Morgan fingerprint density at radius 2 is 1.74 bits per heavy atom. The first kappa shape index (κ1) is 26.1. The van der Waals surface area contributed by atoms with Crippen LogP contribution in [0.4, 0.5) is 0 Å². The van der Waals surface area contributed by atoms with Crippen molar-refractivity contribution in [1.82, 2.24) is 14.8 Å². The minimum atomic E-state index is -0.548. The molecule has 0 amide bonds. The highest BCUT2D eigenvalue weighted by molar-refractivity contribution is 5.87. The van der Waals surface area contributed by atoms with Crippen molar-refractivity contribution in [1.29, 1.82) is 0 Å². The molecule has 1 aromatic carbocycles. The molecule has 7 atom stereocenters. The standard InChI is InChI=1S/C34H47N3O2/c1-32-13-14-34(39,20-26(32)7-8-27-28-9-10-31(38)33(28,2)12-11-29(27)32)23-37-17-15-36(16-18-37)22-24-19-25-5-3-4-6-30(25)35-21-24/h3-6,19,21,26-29,39H,7-18,20,22-23H2,1-2H3/t26-,27-,28-,29-,32-,33-,34+/m0/s1. The fourth-order valence-corrected chi connectivity index (χ4v) is 10.2. The summed E-state index contributed by atoms with van der Waals surface area (Å²) in [6.07, 6.45) is 11.9. The predicted molar refractivity (Wildman–Crippen MR) is 155 cm³/mol. The Bertz CT molecular complexity index is 1240. The summed E-state index contributed by atoms with van der Waals surface area (Å²) in [4.78, 5) is 22.5. The van der Waals surface area contributed by atoms with Crippen LogP contribution in [-0.4, -0.2) is 64.0 Å². The molecular weight excluding hydrogens is 482 g/mol. The van der Waals surface area contributed by atoms with Gasteiger partial charge in [0.15, 0.2) is 0 Å². The summed E-state index contributed by atoms with van der Waals surface area (Å²) >= 11 is 0. The Balaban J connectivity index is 0.951. The van der Waals surface area contributed by atoms with Gasteiger partial charge in [0.1, 0.15) is 5.78 Å². The molecule has 5 nitrogen and oxygen atoms in total. The molecule has 7 rings (SSSR count). The summed E-state index contributed by atoms with van der Waals surface area (Å²) < 4.78 is 0. The maximum Gasteiger partial charge on any atom is 0.139 e. The van der Waals surface area contributed by atoms with Gasteiger partial charge in [-0.2, -0.15) is 0 Å². The Kier molecular flexibility index (Phi) is 6.45. The smallest absolute Gasteiger partial charge is 0.139 e. The maximum absolute atomic E-state index is 12.8. The van der Waals surface area contributed by atoms with Crippen LogP contribution in [0.15, 0.2) is 36.5 Å². The second-order valence-corrected chi connectivity index (χ2v) is 14.6. The summed E-state index contributed by atoms with van der Waals surface area (Å²) in [5.41, 5.74) is 2.11. The molecule has 1 N–H and O–H groups in total. The number of rotatable bonds is 4. The number of Topliss-reactive ketones (excluding diaryl/α,β-unsaturated/α-hetero) is 1. The van der Waals surface area contributed by atoms with Gasteiger partial charge in [0, 0.05) is 62.7 Å². The molecule has 39 heavy (non-hydrogen) atoms. The number of carbonyl (C=O) groups excluding carboxylic acids is 1. The Morgan fingerprint density at radius 3 is 2.59 bits per heavy atom. The van der Waals surface area contributed by atoms with Crippen LogP contribution in [0.2, 0.25) is 0 Å². The van der Waals surface area contributed by atoms with Crippen molar-refractivity contribution in [2.75, 3.05) is 32.7 Å². The number of nitrogens with zero attached hydrogens (tertiary/aromatic N) is 3. The van der Waals surface area contributed by atoms with E-state index < -0.39 is 5.60 Å². The van der Waals surface area contributed by atoms with Crippen LogP contribution in [0.25, 0.3) is 10.9 Å². The van der Waals surface area contributed by atoms with Crippen LogP contribution < -0.4 is 0 Å². The van der Waals surface area contributed by atoms with Crippen molar-refractivity contribution in [3.8, 4) is 0 Å². The second-order valence-electron chi connectivity index (χ2n) is 14.6. The lowest BCUT2D eigenvalue weighted by Gasteiger charge is -2.61. The van der Waals surface area contributed by atoms with Crippen molar-refractivity contribution < 1.29 is 9.90 Å². The van der Waals surface area contributed by atoms with E-state index in [0.717, 1.165) is 95.1 Å². The summed E-state index contributed by atoms with van der Waals surface area (Å²) in [6.45, 7) is 10.8. The largest absolute Gasteiger partial charge is 0.389 e. The predicted octanol–water partition coefficient (Wildman–Crippen LogP) is 5.70. The molecule has 2 aromatic rings. The number of hydrogen-bond donors (Lipinski definition) is 1. The molecule has 0 bridgehead atoms. The number of aliphatic hydroxyl groups is 1. The minimum Gasteiger partial charge on any atom is -0.389 e. The lowest BCUT2D eigenvalue weighted by Crippen LogP contribution is -2.59. The third-order valence-electron chi connectivity index (χ3n) is 12.6. The van der Waals surface area contributed by atoms with Gasteiger partial charge in [-0.15, -0.1) is 0 Å². The summed E-state index contributed by atoms with van der Waals surface area (Å²) in [6, 6.07) is 10.6. The molecule has 0 unspecified atom stereocenters. The average molecular weight is 530 g/mol. The summed E-state index contributed by atoms with van der Waals surface area (Å²) in [5.74, 6) is 3.27. The second kappa shape index (κ2) is 9.63. The number of aromatic nitrogens is 1. The molecule has 0 spiro atoms. The highest BCUT2D eigenvalue weighted by Crippen LogP contribution is 2.66. The van der Waals surface area contributed by atoms with E-state index in [1.165, 1.54) is 30.2 Å². The van der Waals surface area contributed by atoms with Gasteiger partial charge in [0.25, 0.3) is 0 Å². The SMILES string of the molecule is C[C@]12CC[C@](O)(CN3CCN(Cc4cnc5ccccc5c4)CC3)C[C@@H]1CC[C@@H]1[C@@H]2CC[C@]2(C)C(=O)CC[C@@H]12. The topological polar surface area (TPSA) is 56.7 Å². The normalized spacial score (nSPS) is 41.3. The van der Waals surface area contributed by atoms with E-state index in [9.17, 15) is 9.90 Å². The first-order valence-corrected chi connectivity index (χ1v) is 15.8. The molecule has 2 heterocycles. The van der Waals surface area contributed by atoms with Crippen molar-refractivity contribution in [3.05, 3.63) is 42.1 Å². The van der Waals surface area contributed by atoms with Gasteiger partial charge in [0.2, 0.25) is 0 Å². The van der Waals surface area contributed by atoms with Crippen LogP contribution in [0.1, 0.15) is 77.2 Å². The van der Waals surface area contributed by atoms with Gasteiger partial charge in [-0.1, -0.05) is 32.0 Å². The van der Waals surface area contributed by atoms with Gasteiger partial charge in [0.05, 0.1) is 11.1 Å². The number of para-hydroxylation sites is 1. The number of pyridine rings is 1. The van der Waals surface area contributed by atoms with E-state index >= 15 is 0 Å². The van der Waals surface area contributed by atoms with Gasteiger partial charge in [-0.05, 0) is 98.1 Å². The summed E-state index contributed by atoms with van der Waals surface area (Å²) in [5, 5.41) is 13.1. The van der Waals surface area contributed by atoms with E-state index in [2.05, 4.69) is 52.9 Å². The highest BCUT2D eigenvalue weighted by Gasteiger charge is 2.61.